The van der Waals surface area contributed by atoms with E-state index in [-0.39, 0.29) is 11.6 Å². The molecule has 1 aliphatic heterocycles. The van der Waals surface area contributed by atoms with E-state index in [1.54, 1.807) is 30.4 Å². The highest BCUT2D eigenvalue weighted by atomic mass is 32.2. The second kappa shape index (κ2) is 8.89. The van der Waals surface area contributed by atoms with Crippen molar-refractivity contribution >= 4 is 51.7 Å². The number of benzene rings is 2. The van der Waals surface area contributed by atoms with Crippen molar-refractivity contribution in [2.75, 3.05) is 18.6 Å². The molecule has 7 nitrogen and oxygen atoms in total. The third-order valence-electron chi connectivity index (χ3n) is 3.95. The molecule has 148 valence electrons. The maximum absolute atomic E-state index is 12.9. The zero-order valence-electron chi connectivity index (χ0n) is 15.4. The number of nitrogens with zero attached hydrogens (tertiary/aromatic N) is 2. The molecule has 0 unspecified atom stereocenters. The fraction of sp³-hybridized carbons (Fsp3) is 0.100. The molecule has 0 aliphatic carbocycles. The summed E-state index contributed by atoms with van der Waals surface area (Å²) in [7, 11) is 1.54. The lowest BCUT2D eigenvalue weighted by Crippen LogP contribution is -2.27. The number of thiocarbonyl (C=S) groups is 1. The van der Waals surface area contributed by atoms with Gasteiger partial charge in [-0.25, -0.2) is 0 Å². The molecule has 1 aliphatic rings. The number of hydrogen-bond donors (Lipinski definition) is 0. The van der Waals surface area contributed by atoms with Gasteiger partial charge in [-0.2, -0.15) is 0 Å². The highest BCUT2D eigenvalue weighted by Crippen LogP contribution is 2.37. The van der Waals surface area contributed by atoms with Gasteiger partial charge >= 0.3 is 0 Å². The first-order valence-corrected chi connectivity index (χ1v) is 9.61. The van der Waals surface area contributed by atoms with Gasteiger partial charge in [0.2, 0.25) is 0 Å². The van der Waals surface area contributed by atoms with Crippen molar-refractivity contribution in [1.82, 2.24) is 0 Å². The number of non-ortho nitro benzene ring substituents is 1. The van der Waals surface area contributed by atoms with Crippen molar-refractivity contribution in [2.45, 2.75) is 0 Å². The number of hydrogen-bond acceptors (Lipinski definition) is 7. The molecule has 0 radical (unpaired) electrons. The molecule has 0 spiro atoms. The van der Waals surface area contributed by atoms with E-state index in [9.17, 15) is 14.9 Å². The Balaban J connectivity index is 1.86. The van der Waals surface area contributed by atoms with Crippen LogP contribution < -0.4 is 14.4 Å². The quantitative estimate of drug-likeness (QED) is 0.210. The van der Waals surface area contributed by atoms with Gasteiger partial charge in [0.15, 0.2) is 15.8 Å². The van der Waals surface area contributed by atoms with Crippen molar-refractivity contribution in [3.8, 4) is 11.5 Å². The fourth-order valence-electron chi connectivity index (χ4n) is 2.61. The van der Waals surface area contributed by atoms with Crippen LogP contribution in [0.15, 0.2) is 60.0 Å². The number of thioether (sulfide) groups is 1. The largest absolute Gasteiger partial charge is 0.493 e. The summed E-state index contributed by atoms with van der Waals surface area (Å²) in [5, 5.41) is 10.8. The molecule has 1 amide bonds. The summed E-state index contributed by atoms with van der Waals surface area (Å²) >= 11 is 6.50. The minimum atomic E-state index is -0.496. The van der Waals surface area contributed by atoms with E-state index in [0.717, 1.165) is 17.3 Å². The van der Waals surface area contributed by atoms with Crippen molar-refractivity contribution in [1.29, 1.82) is 0 Å². The van der Waals surface area contributed by atoms with Gasteiger partial charge in [-0.3, -0.25) is 19.8 Å². The fourth-order valence-corrected chi connectivity index (χ4v) is 3.91. The van der Waals surface area contributed by atoms with Crippen LogP contribution in [0.1, 0.15) is 5.56 Å². The maximum atomic E-state index is 12.9. The lowest BCUT2D eigenvalue weighted by molar-refractivity contribution is -0.384. The topological polar surface area (TPSA) is 81.9 Å². The molecule has 3 rings (SSSR count). The van der Waals surface area contributed by atoms with Crippen LogP contribution in [0.4, 0.5) is 11.4 Å². The van der Waals surface area contributed by atoms with Crippen LogP contribution in [-0.4, -0.2) is 28.9 Å². The van der Waals surface area contributed by atoms with Crippen LogP contribution in [0.3, 0.4) is 0 Å². The molecular weight excluding hydrogens is 412 g/mol. The van der Waals surface area contributed by atoms with Gasteiger partial charge < -0.3 is 9.47 Å². The third-order valence-corrected chi connectivity index (χ3v) is 5.26. The maximum Gasteiger partial charge on any atom is 0.270 e. The minimum absolute atomic E-state index is 0.0550. The number of rotatable bonds is 7. The van der Waals surface area contributed by atoms with E-state index in [0.29, 0.717) is 33.0 Å². The Kier molecular flexibility index (Phi) is 6.30. The van der Waals surface area contributed by atoms with Gasteiger partial charge in [0.05, 0.1) is 22.6 Å². The molecule has 1 heterocycles. The van der Waals surface area contributed by atoms with E-state index in [1.807, 2.05) is 0 Å². The molecule has 0 atom stereocenters. The molecular formula is C20H16N2O5S2. The molecule has 2 aromatic rings. The standard InChI is InChI=1S/C20H16N2O5S2/c1-3-10-27-16-9-4-13(11-17(16)26-2)12-18-19(23)21(20(28)29-18)14-5-7-15(8-6-14)22(24)25/h3-9,11-12H,1,10H2,2H3/b18-12+. The van der Waals surface area contributed by atoms with Crippen LogP contribution in [-0.2, 0) is 4.79 Å². The van der Waals surface area contributed by atoms with Gasteiger partial charge in [0, 0.05) is 12.1 Å². The number of ether oxygens (including phenoxy) is 2. The molecule has 9 heteroatoms. The molecule has 2 aromatic carbocycles. The molecule has 1 saturated heterocycles. The zero-order valence-corrected chi connectivity index (χ0v) is 17.0. The smallest absolute Gasteiger partial charge is 0.270 e. The Bertz CT molecular complexity index is 1020. The first kappa shape index (κ1) is 20.6. The molecule has 0 bridgehead atoms. The van der Waals surface area contributed by atoms with Crippen molar-refractivity contribution < 1.29 is 19.2 Å². The van der Waals surface area contributed by atoms with Crippen LogP contribution >= 0.6 is 24.0 Å². The predicted molar refractivity (Wildman–Crippen MR) is 117 cm³/mol. The lowest BCUT2D eigenvalue weighted by Gasteiger charge is -2.14. The van der Waals surface area contributed by atoms with Crippen molar-refractivity contribution in [2.24, 2.45) is 0 Å². The monoisotopic (exact) mass is 428 g/mol. The minimum Gasteiger partial charge on any atom is -0.493 e. The average Bonchev–Trinajstić information content (AvgIpc) is 2.99. The van der Waals surface area contributed by atoms with E-state index in [2.05, 4.69) is 6.58 Å². The zero-order chi connectivity index (χ0) is 21.0. The summed E-state index contributed by atoms with van der Waals surface area (Å²) in [5.41, 5.74) is 1.17. The Hall–Kier alpha value is -3.17. The molecule has 0 N–H and O–H groups in total. The van der Waals surface area contributed by atoms with Crippen molar-refractivity contribution in [3.05, 3.63) is 75.7 Å². The molecule has 0 aromatic heterocycles. The van der Waals surface area contributed by atoms with Crippen LogP contribution in [0.2, 0.25) is 0 Å². The molecule has 0 saturated carbocycles. The van der Waals surface area contributed by atoms with Crippen LogP contribution in [0.25, 0.3) is 6.08 Å². The number of amides is 1. The normalized spacial score (nSPS) is 14.9. The second-order valence-electron chi connectivity index (χ2n) is 5.80. The average molecular weight is 428 g/mol. The Morgan fingerprint density at radius 2 is 1.97 bits per heavy atom. The van der Waals surface area contributed by atoms with Crippen LogP contribution in [0, 0.1) is 10.1 Å². The molecule has 29 heavy (non-hydrogen) atoms. The SMILES string of the molecule is C=CCOc1ccc(/C=C2/SC(=S)N(c3ccc([N+](=O)[O-])cc3)C2=O)cc1OC. The summed E-state index contributed by atoms with van der Waals surface area (Å²) in [4.78, 5) is 25.0. The Morgan fingerprint density at radius 3 is 2.59 bits per heavy atom. The summed E-state index contributed by atoms with van der Waals surface area (Å²) in [6, 6.07) is 11.0. The summed E-state index contributed by atoms with van der Waals surface area (Å²) in [6.07, 6.45) is 3.35. The van der Waals surface area contributed by atoms with E-state index < -0.39 is 4.92 Å². The Morgan fingerprint density at radius 1 is 1.24 bits per heavy atom. The van der Waals surface area contributed by atoms with Crippen molar-refractivity contribution in [3.63, 3.8) is 0 Å². The number of anilines is 1. The number of nitro benzene ring substituents is 1. The molecule has 1 fully saturated rings. The van der Waals surface area contributed by atoms with Gasteiger partial charge in [0.25, 0.3) is 11.6 Å². The van der Waals surface area contributed by atoms with Gasteiger partial charge in [-0.1, -0.05) is 42.7 Å². The summed E-state index contributed by atoms with van der Waals surface area (Å²) in [6.45, 7) is 3.96. The first-order chi connectivity index (χ1) is 13.9. The summed E-state index contributed by atoms with van der Waals surface area (Å²) < 4.78 is 11.2. The second-order valence-corrected chi connectivity index (χ2v) is 7.48. The van der Waals surface area contributed by atoms with E-state index in [1.165, 1.54) is 36.3 Å². The Labute approximate surface area is 176 Å². The predicted octanol–water partition coefficient (Wildman–Crippen LogP) is 4.57. The van der Waals surface area contributed by atoms with E-state index >= 15 is 0 Å². The lowest BCUT2D eigenvalue weighted by atomic mass is 10.1. The first-order valence-electron chi connectivity index (χ1n) is 8.38. The van der Waals surface area contributed by atoms with E-state index in [4.69, 9.17) is 21.7 Å². The van der Waals surface area contributed by atoms with Gasteiger partial charge in [-0.05, 0) is 35.9 Å². The summed E-state index contributed by atoms with van der Waals surface area (Å²) in [5.74, 6) is 0.814. The van der Waals surface area contributed by atoms with Gasteiger partial charge in [0.1, 0.15) is 6.61 Å². The highest BCUT2D eigenvalue weighted by molar-refractivity contribution is 8.27. The van der Waals surface area contributed by atoms with Gasteiger partial charge in [-0.15, -0.1) is 0 Å². The third kappa shape index (κ3) is 4.47. The number of carbonyl (C=O) groups excluding carboxylic acids is 1. The number of nitro groups is 1. The highest BCUT2D eigenvalue weighted by Gasteiger charge is 2.33. The van der Waals surface area contributed by atoms with Crippen LogP contribution in [0.5, 0.6) is 11.5 Å². The number of carbonyl (C=O) groups is 1. The number of methoxy groups -OCH3 is 1.